The number of carbonyl (C=O) groups excluding carboxylic acids is 1. The van der Waals surface area contributed by atoms with Crippen molar-refractivity contribution in [2.75, 3.05) is 0 Å². The normalized spacial score (nSPS) is 11.0. The Hall–Kier alpha value is -1.96. The number of halogens is 1. The highest BCUT2D eigenvalue weighted by molar-refractivity contribution is 8.01. The molecule has 0 amide bonds. The second-order valence-corrected chi connectivity index (χ2v) is 7.87. The molecule has 0 fully saturated rings. The quantitative estimate of drug-likeness (QED) is 0.339. The Morgan fingerprint density at radius 3 is 2.75 bits per heavy atom. The van der Waals surface area contributed by atoms with E-state index in [-0.39, 0.29) is 22.1 Å². The summed E-state index contributed by atoms with van der Waals surface area (Å²) in [5, 5.41) is 11.1. The van der Waals surface area contributed by atoms with Crippen LogP contribution >= 0.6 is 34.7 Å². The molecular formula is C16H11ClN2O3S2. The van der Waals surface area contributed by atoms with E-state index in [1.807, 2.05) is 25.1 Å². The van der Waals surface area contributed by atoms with Crippen LogP contribution in [-0.2, 0) is 0 Å². The number of hydrogen-bond acceptors (Lipinski definition) is 6. The number of rotatable bonds is 4. The Morgan fingerprint density at radius 1 is 1.33 bits per heavy atom. The molecule has 0 aliphatic rings. The molecule has 3 aromatic rings. The number of thiazole rings is 1. The fraction of sp³-hybridized carbons (Fsp3) is 0.125. The van der Waals surface area contributed by atoms with E-state index >= 15 is 0 Å². The number of nitro benzene ring substituents is 1. The van der Waals surface area contributed by atoms with E-state index in [0.29, 0.717) is 4.90 Å². The molecule has 2 aromatic carbocycles. The first-order chi connectivity index (χ1) is 11.3. The first-order valence-electron chi connectivity index (χ1n) is 6.89. The third kappa shape index (κ3) is 3.28. The van der Waals surface area contributed by atoms with Gasteiger partial charge in [0.2, 0.25) is 0 Å². The van der Waals surface area contributed by atoms with Gasteiger partial charge < -0.3 is 0 Å². The number of nitro groups is 1. The minimum atomic E-state index is -0.562. The van der Waals surface area contributed by atoms with Gasteiger partial charge in [-0.05, 0) is 31.5 Å². The van der Waals surface area contributed by atoms with Crippen LogP contribution in [-0.4, -0.2) is 15.7 Å². The van der Waals surface area contributed by atoms with Crippen LogP contribution in [0.4, 0.5) is 5.69 Å². The predicted molar refractivity (Wildman–Crippen MR) is 96.6 cm³/mol. The van der Waals surface area contributed by atoms with Gasteiger partial charge in [-0.1, -0.05) is 29.4 Å². The Morgan fingerprint density at radius 2 is 2.08 bits per heavy atom. The van der Waals surface area contributed by atoms with Crippen molar-refractivity contribution in [3.8, 4) is 0 Å². The molecule has 24 heavy (non-hydrogen) atoms. The van der Waals surface area contributed by atoms with Crippen molar-refractivity contribution in [2.45, 2.75) is 23.1 Å². The lowest BCUT2D eigenvalue weighted by atomic mass is 10.1. The SMILES string of the molecule is CC(=O)c1cc([N+](=O)[O-])cc(Cl)c1Sc1nc2cc(C)ccc2s1. The van der Waals surface area contributed by atoms with Gasteiger partial charge in [0, 0.05) is 22.6 Å². The first kappa shape index (κ1) is 16.9. The maximum absolute atomic E-state index is 11.9. The number of fused-ring (bicyclic) bond motifs is 1. The van der Waals surface area contributed by atoms with E-state index in [9.17, 15) is 14.9 Å². The van der Waals surface area contributed by atoms with Crippen LogP contribution in [0.15, 0.2) is 39.6 Å². The number of nitrogens with zero attached hydrogens (tertiary/aromatic N) is 2. The van der Waals surface area contributed by atoms with Crippen molar-refractivity contribution in [2.24, 2.45) is 0 Å². The molecular weight excluding hydrogens is 368 g/mol. The molecule has 3 rings (SSSR count). The van der Waals surface area contributed by atoms with Crippen molar-refractivity contribution in [1.82, 2.24) is 4.98 Å². The van der Waals surface area contributed by atoms with Crippen LogP contribution in [0.5, 0.6) is 0 Å². The number of aromatic nitrogens is 1. The van der Waals surface area contributed by atoms with Crippen LogP contribution < -0.4 is 0 Å². The monoisotopic (exact) mass is 378 g/mol. The maximum atomic E-state index is 11.9. The van der Waals surface area contributed by atoms with Gasteiger partial charge in [-0.2, -0.15) is 0 Å². The number of benzene rings is 2. The lowest BCUT2D eigenvalue weighted by molar-refractivity contribution is -0.384. The highest BCUT2D eigenvalue weighted by Gasteiger charge is 2.20. The second kappa shape index (κ2) is 6.51. The fourth-order valence-electron chi connectivity index (χ4n) is 2.20. The van der Waals surface area contributed by atoms with Crippen LogP contribution in [0.2, 0.25) is 5.02 Å². The van der Waals surface area contributed by atoms with Gasteiger partial charge >= 0.3 is 0 Å². The number of ketones is 1. The number of non-ortho nitro benzene ring substituents is 1. The second-order valence-electron chi connectivity index (χ2n) is 5.17. The molecule has 0 radical (unpaired) electrons. The van der Waals surface area contributed by atoms with Crippen LogP contribution in [0.1, 0.15) is 22.8 Å². The molecule has 5 nitrogen and oxygen atoms in total. The molecule has 0 aliphatic heterocycles. The predicted octanol–water partition coefficient (Wildman–Crippen LogP) is 5.52. The number of hydrogen-bond donors (Lipinski definition) is 0. The van der Waals surface area contributed by atoms with Crippen molar-refractivity contribution in [3.63, 3.8) is 0 Å². The van der Waals surface area contributed by atoms with Gasteiger partial charge in [-0.25, -0.2) is 4.98 Å². The molecule has 0 atom stereocenters. The molecule has 0 bridgehead atoms. The maximum Gasteiger partial charge on any atom is 0.271 e. The van der Waals surface area contributed by atoms with Crippen molar-refractivity contribution >= 4 is 56.4 Å². The first-order valence-corrected chi connectivity index (χ1v) is 8.90. The molecule has 1 aromatic heterocycles. The summed E-state index contributed by atoms with van der Waals surface area (Å²) in [5.74, 6) is -0.278. The van der Waals surface area contributed by atoms with E-state index in [1.54, 1.807) is 0 Å². The van der Waals surface area contributed by atoms with Crippen LogP contribution in [0.3, 0.4) is 0 Å². The molecule has 0 spiro atoms. The van der Waals surface area contributed by atoms with E-state index in [2.05, 4.69) is 4.98 Å². The highest BCUT2D eigenvalue weighted by atomic mass is 35.5. The van der Waals surface area contributed by atoms with Crippen molar-refractivity contribution in [3.05, 3.63) is 56.6 Å². The summed E-state index contributed by atoms with van der Waals surface area (Å²) < 4.78 is 1.76. The van der Waals surface area contributed by atoms with Gasteiger partial charge in [0.15, 0.2) is 10.1 Å². The van der Waals surface area contributed by atoms with Gasteiger partial charge in [-0.15, -0.1) is 11.3 Å². The summed E-state index contributed by atoms with van der Waals surface area (Å²) >= 11 is 8.94. The Labute approximate surface area is 150 Å². The number of Topliss-reactive ketones (excluding diaryl/α,β-unsaturated/α-hetero) is 1. The molecule has 0 saturated carbocycles. The van der Waals surface area contributed by atoms with Crippen LogP contribution in [0.25, 0.3) is 10.2 Å². The third-order valence-corrected chi connectivity index (χ3v) is 5.98. The molecule has 8 heteroatoms. The van der Waals surface area contributed by atoms with Crippen molar-refractivity contribution < 1.29 is 9.72 Å². The standard InChI is InChI=1S/C16H11ClN2O3S2/c1-8-3-4-14-13(5-8)18-16(23-14)24-15-11(9(2)20)6-10(19(21)22)7-12(15)17/h3-7H,1-2H3. The van der Waals surface area contributed by atoms with Gasteiger partial charge in [-0.3, -0.25) is 14.9 Å². The molecule has 1 heterocycles. The lowest BCUT2D eigenvalue weighted by Crippen LogP contribution is -1.99. The average Bonchev–Trinajstić information content (AvgIpc) is 2.90. The third-order valence-electron chi connectivity index (χ3n) is 3.33. The van der Waals surface area contributed by atoms with E-state index in [1.165, 1.54) is 42.2 Å². The molecule has 0 N–H and O–H groups in total. The Kier molecular flexibility index (Phi) is 4.58. The zero-order valence-corrected chi connectivity index (χ0v) is 15.1. The summed E-state index contributed by atoms with van der Waals surface area (Å²) in [6, 6.07) is 8.51. The highest BCUT2D eigenvalue weighted by Crippen LogP contribution is 2.41. The lowest BCUT2D eigenvalue weighted by Gasteiger charge is -2.07. The minimum Gasteiger partial charge on any atom is -0.294 e. The zero-order valence-electron chi connectivity index (χ0n) is 12.7. The Bertz CT molecular complexity index is 985. The summed E-state index contributed by atoms with van der Waals surface area (Å²) in [7, 11) is 0. The van der Waals surface area contributed by atoms with Crippen LogP contribution in [0, 0.1) is 17.0 Å². The summed E-state index contributed by atoms with van der Waals surface area (Å²) in [5.41, 5.74) is 2.02. The molecule has 122 valence electrons. The molecule has 0 aliphatic carbocycles. The zero-order chi connectivity index (χ0) is 17.4. The summed E-state index contributed by atoms with van der Waals surface area (Å²) in [6.45, 7) is 3.35. The number of aryl methyl sites for hydroxylation is 1. The largest absolute Gasteiger partial charge is 0.294 e. The van der Waals surface area contributed by atoms with E-state index in [4.69, 9.17) is 11.6 Å². The van der Waals surface area contributed by atoms with Gasteiger partial charge in [0.25, 0.3) is 5.69 Å². The minimum absolute atomic E-state index is 0.176. The van der Waals surface area contributed by atoms with Gasteiger partial charge in [0.05, 0.1) is 20.2 Å². The van der Waals surface area contributed by atoms with E-state index < -0.39 is 4.92 Å². The summed E-state index contributed by atoms with van der Waals surface area (Å²) in [4.78, 5) is 27.3. The summed E-state index contributed by atoms with van der Waals surface area (Å²) in [6.07, 6.45) is 0. The van der Waals surface area contributed by atoms with Gasteiger partial charge in [0.1, 0.15) is 0 Å². The molecule has 0 unspecified atom stereocenters. The Balaban J connectivity index is 2.07. The average molecular weight is 379 g/mol. The molecule has 0 saturated heterocycles. The fourth-order valence-corrected chi connectivity index (χ4v) is 4.68. The van der Waals surface area contributed by atoms with E-state index in [0.717, 1.165) is 20.1 Å². The number of carbonyl (C=O) groups is 1. The smallest absolute Gasteiger partial charge is 0.271 e. The topological polar surface area (TPSA) is 73.1 Å². The van der Waals surface area contributed by atoms with Crippen molar-refractivity contribution in [1.29, 1.82) is 0 Å².